The highest BCUT2D eigenvalue weighted by molar-refractivity contribution is 6.31. The predicted octanol–water partition coefficient (Wildman–Crippen LogP) is 5.98. The SMILES string of the molecule is CC[C@@H](C)Nc1nc(Nc2ccc(Cl)c(C(F)(F)F)c2)cc(C2CC2)n1. The summed E-state index contributed by atoms with van der Waals surface area (Å²) in [5, 5.41) is 5.84. The third-order valence-electron chi connectivity index (χ3n) is 4.27. The van der Waals surface area contributed by atoms with Crippen molar-refractivity contribution >= 4 is 29.1 Å². The van der Waals surface area contributed by atoms with Gasteiger partial charge < -0.3 is 10.6 Å². The fraction of sp³-hybridized carbons (Fsp3) is 0.444. The third-order valence-corrected chi connectivity index (χ3v) is 4.60. The molecule has 1 atom stereocenters. The number of benzene rings is 1. The third kappa shape index (κ3) is 4.58. The highest BCUT2D eigenvalue weighted by Crippen LogP contribution is 2.40. The molecule has 1 aromatic heterocycles. The van der Waals surface area contributed by atoms with E-state index in [1.807, 2.05) is 13.8 Å². The van der Waals surface area contributed by atoms with E-state index in [2.05, 4.69) is 20.6 Å². The first-order valence-electron chi connectivity index (χ1n) is 8.55. The van der Waals surface area contributed by atoms with E-state index in [0.717, 1.165) is 31.0 Å². The Morgan fingerprint density at radius 1 is 1.23 bits per heavy atom. The average Bonchev–Trinajstić information content (AvgIpc) is 3.40. The van der Waals surface area contributed by atoms with Gasteiger partial charge in [-0.1, -0.05) is 18.5 Å². The molecule has 0 amide bonds. The van der Waals surface area contributed by atoms with E-state index in [9.17, 15) is 13.2 Å². The predicted molar refractivity (Wildman–Crippen MR) is 97.1 cm³/mol. The lowest BCUT2D eigenvalue weighted by Gasteiger charge is -2.15. The van der Waals surface area contributed by atoms with Gasteiger partial charge in [0.1, 0.15) is 5.82 Å². The molecule has 0 aliphatic heterocycles. The minimum Gasteiger partial charge on any atom is -0.352 e. The first-order valence-corrected chi connectivity index (χ1v) is 8.93. The van der Waals surface area contributed by atoms with Crippen LogP contribution in [-0.2, 0) is 6.18 Å². The Balaban J connectivity index is 1.89. The minimum absolute atomic E-state index is 0.199. The van der Waals surface area contributed by atoms with Gasteiger partial charge in [-0.25, -0.2) is 4.98 Å². The summed E-state index contributed by atoms with van der Waals surface area (Å²) in [6.07, 6.45) is -1.47. The Morgan fingerprint density at radius 3 is 2.58 bits per heavy atom. The Morgan fingerprint density at radius 2 is 1.96 bits per heavy atom. The van der Waals surface area contributed by atoms with Crippen molar-refractivity contribution < 1.29 is 13.2 Å². The van der Waals surface area contributed by atoms with Crippen LogP contribution in [0.15, 0.2) is 24.3 Å². The largest absolute Gasteiger partial charge is 0.417 e. The monoisotopic (exact) mass is 384 g/mol. The molecule has 0 bridgehead atoms. The first-order chi connectivity index (χ1) is 12.3. The second-order valence-corrected chi connectivity index (χ2v) is 6.95. The average molecular weight is 385 g/mol. The number of alkyl halides is 3. The molecule has 0 unspecified atom stereocenters. The van der Waals surface area contributed by atoms with Gasteiger partial charge in [0.15, 0.2) is 0 Å². The molecule has 0 radical (unpaired) electrons. The van der Waals surface area contributed by atoms with Crippen LogP contribution in [0.4, 0.5) is 30.6 Å². The molecule has 1 saturated carbocycles. The highest BCUT2D eigenvalue weighted by Gasteiger charge is 2.33. The summed E-state index contributed by atoms with van der Waals surface area (Å²) in [5.74, 6) is 1.34. The lowest BCUT2D eigenvalue weighted by atomic mass is 10.2. The van der Waals surface area contributed by atoms with Crippen LogP contribution in [0.25, 0.3) is 0 Å². The minimum atomic E-state index is -4.51. The molecular formula is C18H20ClF3N4. The number of hydrogen-bond donors (Lipinski definition) is 2. The lowest BCUT2D eigenvalue weighted by molar-refractivity contribution is -0.137. The van der Waals surface area contributed by atoms with Crippen LogP contribution in [0, 0.1) is 0 Å². The van der Waals surface area contributed by atoms with Crippen LogP contribution in [0.5, 0.6) is 0 Å². The summed E-state index contributed by atoms with van der Waals surface area (Å²) in [6.45, 7) is 4.07. The number of aromatic nitrogens is 2. The van der Waals surface area contributed by atoms with Crippen LogP contribution < -0.4 is 10.6 Å². The van der Waals surface area contributed by atoms with E-state index >= 15 is 0 Å². The van der Waals surface area contributed by atoms with E-state index < -0.39 is 11.7 Å². The molecule has 1 aliphatic carbocycles. The normalized spacial score (nSPS) is 15.6. The van der Waals surface area contributed by atoms with Crippen molar-refractivity contribution in [2.45, 2.75) is 51.2 Å². The molecular weight excluding hydrogens is 365 g/mol. The van der Waals surface area contributed by atoms with E-state index in [-0.39, 0.29) is 16.8 Å². The number of hydrogen-bond acceptors (Lipinski definition) is 4. The standard InChI is InChI=1S/C18H20ClF3N4/c1-3-10(2)23-17-25-15(11-4-5-11)9-16(26-17)24-12-6-7-14(19)13(8-12)18(20,21)22/h6-11H,3-5H2,1-2H3,(H2,23,24,25,26)/t10-/m1/s1. The van der Waals surface area contributed by atoms with Gasteiger partial charge in [-0.2, -0.15) is 18.2 Å². The fourth-order valence-corrected chi connectivity index (χ4v) is 2.70. The Bertz CT molecular complexity index is 790. The zero-order valence-electron chi connectivity index (χ0n) is 14.5. The van der Waals surface area contributed by atoms with E-state index in [0.29, 0.717) is 17.7 Å². The van der Waals surface area contributed by atoms with Gasteiger partial charge in [0.05, 0.1) is 16.3 Å². The van der Waals surface area contributed by atoms with Crippen molar-refractivity contribution in [3.05, 3.63) is 40.5 Å². The highest BCUT2D eigenvalue weighted by atomic mass is 35.5. The molecule has 140 valence electrons. The molecule has 1 aliphatic rings. The smallest absolute Gasteiger partial charge is 0.352 e. The zero-order chi connectivity index (χ0) is 18.9. The Kier molecular flexibility index (Phi) is 5.27. The van der Waals surface area contributed by atoms with E-state index in [1.54, 1.807) is 6.07 Å². The molecule has 2 aromatic rings. The summed E-state index contributed by atoms with van der Waals surface area (Å²) in [4.78, 5) is 8.93. The van der Waals surface area contributed by atoms with Gasteiger partial charge in [-0.15, -0.1) is 0 Å². The summed E-state index contributed by atoms with van der Waals surface area (Å²) < 4.78 is 39.1. The van der Waals surface area contributed by atoms with Crippen molar-refractivity contribution in [3.63, 3.8) is 0 Å². The summed E-state index contributed by atoms with van der Waals surface area (Å²) in [5.41, 5.74) is 0.300. The van der Waals surface area contributed by atoms with Gasteiger partial charge >= 0.3 is 6.18 Å². The molecule has 8 heteroatoms. The molecule has 1 aromatic carbocycles. The quantitative estimate of drug-likeness (QED) is 0.643. The molecule has 26 heavy (non-hydrogen) atoms. The molecule has 1 heterocycles. The number of anilines is 3. The maximum Gasteiger partial charge on any atom is 0.417 e. The molecule has 3 rings (SSSR count). The number of halogens is 4. The van der Waals surface area contributed by atoms with Gasteiger partial charge in [0.2, 0.25) is 5.95 Å². The van der Waals surface area contributed by atoms with Crippen LogP contribution in [-0.4, -0.2) is 16.0 Å². The summed E-state index contributed by atoms with van der Waals surface area (Å²) >= 11 is 5.67. The fourth-order valence-electron chi connectivity index (χ4n) is 2.47. The van der Waals surface area contributed by atoms with Crippen molar-refractivity contribution in [1.82, 2.24) is 9.97 Å². The second kappa shape index (κ2) is 7.31. The van der Waals surface area contributed by atoms with Gasteiger partial charge in [0.25, 0.3) is 0 Å². The van der Waals surface area contributed by atoms with E-state index in [1.165, 1.54) is 12.1 Å². The molecule has 0 spiro atoms. The topological polar surface area (TPSA) is 49.8 Å². The van der Waals surface area contributed by atoms with Gasteiger partial charge in [-0.05, 0) is 44.4 Å². The van der Waals surface area contributed by atoms with Crippen molar-refractivity contribution in [2.24, 2.45) is 0 Å². The number of rotatable bonds is 6. The Hall–Kier alpha value is -2.02. The summed E-state index contributed by atoms with van der Waals surface area (Å²) in [6, 6.07) is 5.71. The number of nitrogens with zero attached hydrogens (tertiary/aromatic N) is 2. The van der Waals surface area contributed by atoms with Gasteiger partial charge in [0, 0.05) is 23.7 Å². The second-order valence-electron chi connectivity index (χ2n) is 6.55. The van der Waals surface area contributed by atoms with Crippen LogP contribution >= 0.6 is 11.6 Å². The number of nitrogens with one attached hydrogen (secondary N) is 2. The molecule has 1 fully saturated rings. The van der Waals surface area contributed by atoms with E-state index in [4.69, 9.17) is 11.6 Å². The maximum atomic E-state index is 13.0. The van der Waals surface area contributed by atoms with Crippen molar-refractivity contribution in [1.29, 1.82) is 0 Å². The van der Waals surface area contributed by atoms with Crippen LogP contribution in [0.2, 0.25) is 5.02 Å². The summed E-state index contributed by atoms with van der Waals surface area (Å²) in [7, 11) is 0. The van der Waals surface area contributed by atoms with Crippen molar-refractivity contribution in [3.8, 4) is 0 Å². The van der Waals surface area contributed by atoms with Gasteiger partial charge in [-0.3, -0.25) is 0 Å². The zero-order valence-corrected chi connectivity index (χ0v) is 15.2. The Labute approximate surface area is 155 Å². The first kappa shape index (κ1) is 18.8. The molecule has 0 saturated heterocycles. The maximum absolute atomic E-state index is 13.0. The molecule has 4 nitrogen and oxygen atoms in total. The van der Waals surface area contributed by atoms with Crippen LogP contribution in [0.1, 0.15) is 50.3 Å². The lowest BCUT2D eigenvalue weighted by Crippen LogP contribution is -2.16. The van der Waals surface area contributed by atoms with Crippen molar-refractivity contribution in [2.75, 3.05) is 10.6 Å². The van der Waals surface area contributed by atoms with Crippen LogP contribution in [0.3, 0.4) is 0 Å². The molecule has 2 N–H and O–H groups in total.